The van der Waals surface area contributed by atoms with Crippen LogP contribution in [-0.4, -0.2) is 24.4 Å². The van der Waals surface area contributed by atoms with Gasteiger partial charge < -0.3 is 10.1 Å². The van der Waals surface area contributed by atoms with Gasteiger partial charge in [0.25, 0.3) is 0 Å². The van der Waals surface area contributed by atoms with Gasteiger partial charge in [0.05, 0.1) is 18.1 Å². The Morgan fingerprint density at radius 2 is 1.73 bits per heavy atom. The van der Waals surface area contributed by atoms with Crippen molar-refractivity contribution in [1.29, 1.82) is 0 Å². The first-order valence-electron chi connectivity index (χ1n) is 10.1. The summed E-state index contributed by atoms with van der Waals surface area (Å²) in [5.41, 5.74) is 2.95. The summed E-state index contributed by atoms with van der Waals surface area (Å²) in [5.74, 6) is -2.12. The monoisotopic (exact) mass is 406 g/mol. The van der Waals surface area contributed by atoms with Gasteiger partial charge >= 0.3 is 5.97 Å². The number of nitrogens with one attached hydrogen (secondary N) is 1. The second kappa shape index (κ2) is 9.39. The van der Waals surface area contributed by atoms with E-state index in [1.54, 1.807) is 26.0 Å². The number of amides is 2. The maximum atomic E-state index is 13.2. The Balaban J connectivity index is 2.00. The van der Waals surface area contributed by atoms with E-state index in [1.807, 2.05) is 49.4 Å². The van der Waals surface area contributed by atoms with Crippen molar-refractivity contribution in [2.45, 2.75) is 33.6 Å². The Bertz CT molecular complexity index is 982. The maximum absolute atomic E-state index is 13.2. The molecule has 0 spiro atoms. The number of allylic oxidation sites excluding steroid dienone is 1. The fourth-order valence-corrected chi connectivity index (χ4v) is 3.74. The minimum absolute atomic E-state index is 0.111. The molecule has 6 heteroatoms. The molecule has 0 unspecified atom stereocenters. The summed E-state index contributed by atoms with van der Waals surface area (Å²) in [6.45, 7) is 5.57. The first-order valence-corrected chi connectivity index (χ1v) is 10.1. The number of hydrogen-bond donors (Lipinski definition) is 1. The number of hydrogen-bond acceptors (Lipinski definition) is 4. The lowest BCUT2D eigenvalue weighted by Gasteiger charge is -2.33. The Labute approximate surface area is 176 Å². The Morgan fingerprint density at radius 1 is 1.07 bits per heavy atom. The summed E-state index contributed by atoms with van der Waals surface area (Å²) in [6.07, 6.45) is 0.641. The zero-order valence-corrected chi connectivity index (χ0v) is 17.5. The van der Waals surface area contributed by atoms with Gasteiger partial charge in [-0.3, -0.25) is 14.5 Å². The lowest BCUT2D eigenvalue weighted by atomic mass is 9.88. The predicted molar refractivity (Wildman–Crippen MR) is 116 cm³/mol. The van der Waals surface area contributed by atoms with E-state index in [4.69, 9.17) is 4.74 Å². The van der Waals surface area contributed by atoms with Crippen LogP contribution >= 0.6 is 0 Å². The van der Waals surface area contributed by atoms with Crippen molar-refractivity contribution in [3.05, 3.63) is 71.4 Å². The Hall–Kier alpha value is -3.41. The number of ether oxygens (including phenoxy) is 1. The third-order valence-corrected chi connectivity index (χ3v) is 5.18. The van der Waals surface area contributed by atoms with Crippen molar-refractivity contribution in [3.8, 4) is 0 Å². The summed E-state index contributed by atoms with van der Waals surface area (Å²) >= 11 is 0. The second-order valence-electron chi connectivity index (χ2n) is 7.04. The topological polar surface area (TPSA) is 75.7 Å². The molecule has 2 aromatic carbocycles. The minimum atomic E-state index is -0.915. The molecule has 156 valence electrons. The van der Waals surface area contributed by atoms with Crippen LogP contribution < -0.4 is 10.2 Å². The van der Waals surface area contributed by atoms with Gasteiger partial charge in [0.2, 0.25) is 11.8 Å². The lowest BCUT2D eigenvalue weighted by molar-refractivity contribution is -0.141. The third kappa shape index (κ3) is 4.27. The van der Waals surface area contributed by atoms with Crippen molar-refractivity contribution in [1.82, 2.24) is 0 Å². The minimum Gasteiger partial charge on any atom is -0.463 e. The van der Waals surface area contributed by atoms with Crippen LogP contribution in [0.2, 0.25) is 0 Å². The van der Waals surface area contributed by atoms with E-state index >= 15 is 0 Å². The molecule has 0 fully saturated rings. The van der Waals surface area contributed by atoms with Gasteiger partial charge in [-0.15, -0.1) is 0 Å². The van der Waals surface area contributed by atoms with E-state index in [9.17, 15) is 14.4 Å². The number of rotatable bonds is 6. The fourth-order valence-electron chi connectivity index (χ4n) is 3.74. The van der Waals surface area contributed by atoms with E-state index in [0.717, 1.165) is 12.0 Å². The second-order valence-corrected chi connectivity index (χ2v) is 7.04. The smallest absolute Gasteiger partial charge is 0.336 e. The summed E-state index contributed by atoms with van der Waals surface area (Å²) in [6, 6.07) is 16.6. The quantitative estimate of drug-likeness (QED) is 0.734. The van der Waals surface area contributed by atoms with Gasteiger partial charge in [0.1, 0.15) is 0 Å². The van der Waals surface area contributed by atoms with E-state index < -0.39 is 11.9 Å². The first kappa shape index (κ1) is 21.3. The van der Waals surface area contributed by atoms with Crippen molar-refractivity contribution in [2.24, 2.45) is 5.92 Å². The van der Waals surface area contributed by atoms with Crippen LogP contribution in [0.1, 0.15) is 32.8 Å². The maximum Gasteiger partial charge on any atom is 0.336 e. The summed E-state index contributed by atoms with van der Waals surface area (Å²) in [5, 5.41) is 2.90. The van der Waals surface area contributed by atoms with E-state index in [2.05, 4.69) is 5.32 Å². The molecular formula is C24H26N2O4. The number of benzene rings is 2. The molecular weight excluding hydrogens is 380 g/mol. The van der Waals surface area contributed by atoms with Crippen LogP contribution in [0.3, 0.4) is 0 Å². The van der Waals surface area contributed by atoms with Gasteiger partial charge in [0.15, 0.2) is 0 Å². The van der Waals surface area contributed by atoms with Crippen molar-refractivity contribution < 1.29 is 19.1 Å². The lowest BCUT2D eigenvalue weighted by Crippen LogP contribution is -2.43. The van der Waals surface area contributed by atoms with Crippen LogP contribution in [0.15, 0.2) is 65.9 Å². The third-order valence-electron chi connectivity index (χ3n) is 5.18. The largest absolute Gasteiger partial charge is 0.463 e. The number of nitrogens with zero attached hydrogens (tertiary/aromatic N) is 1. The standard InChI is InChI=1S/C24H26N2O4/c1-4-17-11-9-10-14-20(17)25-23(28)19-15-21(27)26(18-12-7-6-8-13-18)16(3)22(19)24(29)30-5-2/h6-14,19H,4-5,15H2,1-3H3,(H,25,28)/t19-/m1/s1. The van der Waals surface area contributed by atoms with Crippen molar-refractivity contribution in [2.75, 3.05) is 16.8 Å². The highest BCUT2D eigenvalue weighted by Crippen LogP contribution is 2.34. The Kier molecular flexibility index (Phi) is 6.67. The highest BCUT2D eigenvalue weighted by Gasteiger charge is 2.40. The number of carbonyl (C=O) groups is 3. The first-order chi connectivity index (χ1) is 14.5. The van der Waals surface area contributed by atoms with Gasteiger partial charge in [-0.25, -0.2) is 4.79 Å². The molecule has 3 rings (SSSR count). The fraction of sp³-hybridized carbons (Fsp3) is 0.292. The van der Waals surface area contributed by atoms with Gasteiger partial charge in [-0.2, -0.15) is 0 Å². The van der Waals surface area contributed by atoms with Crippen LogP contribution in [0.5, 0.6) is 0 Å². The molecule has 1 atom stereocenters. The van der Waals surface area contributed by atoms with E-state index in [0.29, 0.717) is 17.1 Å². The van der Waals surface area contributed by atoms with Gasteiger partial charge in [-0.05, 0) is 44.0 Å². The molecule has 30 heavy (non-hydrogen) atoms. The molecule has 2 aromatic rings. The normalized spacial score (nSPS) is 16.4. The summed E-state index contributed by atoms with van der Waals surface area (Å²) in [4.78, 5) is 40.4. The van der Waals surface area contributed by atoms with Crippen molar-refractivity contribution in [3.63, 3.8) is 0 Å². The molecule has 0 saturated heterocycles. The van der Waals surface area contributed by atoms with Crippen LogP contribution in [-0.2, 0) is 25.5 Å². The highest BCUT2D eigenvalue weighted by molar-refractivity contribution is 6.10. The van der Waals surface area contributed by atoms with E-state index in [-0.39, 0.29) is 30.4 Å². The van der Waals surface area contributed by atoms with Crippen LogP contribution in [0.4, 0.5) is 11.4 Å². The highest BCUT2D eigenvalue weighted by atomic mass is 16.5. The van der Waals surface area contributed by atoms with Crippen LogP contribution in [0, 0.1) is 5.92 Å². The molecule has 0 aromatic heterocycles. The molecule has 0 radical (unpaired) electrons. The number of anilines is 2. The number of para-hydroxylation sites is 2. The number of carbonyl (C=O) groups excluding carboxylic acids is 3. The molecule has 1 aliphatic rings. The SMILES string of the molecule is CCOC(=O)C1=C(C)N(c2ccccc2)C(=O)C[C@H]1C(=O)Nc1ccccc1CC. The van der Waals surface area contributed by atoms with Gasteiger partial charge in [0, 0.05) is 23.5 Å². The molecule has 1 N–H and O–H groups in total. The Morgan fingerprint density at radius 3 is 2.40 bits per heavy atom. The number of aryl methyl sites for hydroxylation is 1. The predicted octanol–water partition coefficient (Wildman–Crippen LogP) is 4.08. The molecule has 2 amide bonds. The molecule has 0 saturated carbocycles. The molecule has 1 aliphatic heterocycles. The zero-order valence-electron chi connectivity index (χ0n) is 17.5. The summed E-state index contributed by atoms with van der Waals surface area (Å²) < 4.78 is 5.23. The van der Waals surface area contributed by atoms with Crippen molar-refractivity contribution >= 4 is 29.2 Å². The molecule has 6 nitrogen and oxygen atoms in total. The van der Waals surface area contributed by atoms with Gasteiger partial charge in [-0.1, -0.05) is 43.3 Å². The molecule has 1 heterocycles. The average molecular weight is 406 g/mol. The molecule has 0 aliphatic carbocycles. The average Bonchev–Trinajstić information content (AvgIpc) is 2.74. The summed E-state index contributed by atoms with van der Waals surface area (Å²) in [7, 11) is 0. The van der Waals surface area contributed by atoms with Crippen LogP contribution in [0.25, 0.3) is 0 Å². The van der Waals surface area contributed by atoms with E-state index in [1.165, 1.54) is 4.90 Å². The number of esters is 1. The molecule has 0 bridgehead atoms. The zero-order chi connectivity index (χ0) is 21.7.